The average molecular weight is 2070 g/mol. The molecule has 43 nitrogen and oxygen atoms in total. The summed E-state index contributed by atoms with van der Waals surface area (Å²) in [5.74, 6) is 0. The molecule has 0 saturated carbocycles. The Hall–Kier alpha value is 13.8. The van der Waals surface area contributed by atoms with E-state index >= 15 is 0 Å². The van der Waals surface area contributed by atoms with E-state index < -0.39 is 33.5 Å². The topological polar surface area (TPSA) is 1160 Å². The van der Waals surface area contributed by atoms with Gasteiger partial charge in [0.2, 0.25) is 0 Å². The van der Waals surface area contributed by atoms with Gasteiger partial charge in [-0.3, -0.25) is 0 Å². The summed E-state index contributed by atoms with van der Waals surface area (Å²) in [6, 6.07) is 0. The molecule has 0 spiro atoms. The molecule has 66 heteroatoms. The molecule has 1 radical (unpaired) electrons. The molecule has 351 valence electrons. The average Bonchev–Trinajstić information content (AvgIpc) is 1.12. The molecule has 0 rings (SSSR count). The van der Waals surface area contributed by atoms with Crippen molar-refractivity contribution in [1.82, 2.24) is 0 Å². The monoisotopic (exact) mass is 2070 g/mol. The molecule has 0 fully saturated rings. The van der Waals surface area contributed by atoms with Crippen molar-refractivity contribution < 1.29 is 705 Å². The predicted molar refractivity (Wildman–Crippen MR) is 26.8 cm³/mol. The molecule has 0 atom stereocenters. The van der Waals surface area contributed by atoms with Crippen LogP contribution in [0.2, 0.25) is 0 Å². The molecule has 0 N–H and O–H groups in total. The standard InChI is InChI=1S/Ni.43O.20Ti.2W/q+3;;;;;35*-2;4*-1;20*+4;;. The zero-order valence-corrected chi connectivity index (χ0v) is 66.8. The Bertz CT molecular complexity index is 274. The SMILES string of the molecule is [Ni+3].[O-2].[O-2].[O-2].[O-2].[O-2].[O-2].[O-2].[O-2].[O-2].[O-2].[O-2].[O-2].[O-2].[O-2].[O-2].[O-2].[O-2].[O-2].[O-2].[O-2].[O-2].[O-2].[O-2].[O-2].[O-2].[O-2].[O-2].[O-2].[O-2].[O-2].[O-2].[O-2].[O-2].[O-2].[O-2].[O]=[W](=[O])([O-])[O-].[O]=[W](=[O])([O-])[O-].[Ti+4].[Ti+4].[Ti+4].[Ti+4].[Ti+4].[Ti+4].[Ti+4].[Ti+4].[Ti+4].[Ti+4].[Ti+4].[Ti+4].[Ti+4].[Ti+4].[Ti+4].[Ti+4].[Ti+4].[Ti+4].[Ti+4].[Ti+4]. The number of hydrogen-bond donors (Lipinski definition) is 0. The Morgan fingerprint density at radius 1 is 0.136 bits per heavy atom. The summed E-state index contributed by atoms with van der Waals surface area (Å²) in [4.78, 5) is 0. The van der Waals surface area contributed by atoms with Crippen LogP contribution in [0.15, 0.2) is 0 Å². The van der Waals surface area contributed by atoms with Crippen molar-refractivity contribution in [2.24, 2.45) is 0 Å². The molecule has 0 aliphatic heterocycles. The van der Waals surface area contributed by atoms with Gasteiger partial charge in [0.05, 0.1) is 0 Å². The van der Waals surface area contributed by atoms with Crippen molar-refractivity contribution >= 4 is 0 Å². The summed E-state index contributed by atoms with van der Waals surface area (Å²) in [7, 11) is 0. The van der Waals surface area contributed by atoms with E-state index in [1.807, 2.05) is 0 Å². The molecule has 0 saturated heterocycles. The first-order chi connectivity index (χ1) is 4.00. The second kappa shape index (κ2) is 717. The maximum atomic E-state index is 8.65. The third-order valence-electron chi connectivity index (χ3n) is 0. The molecule has 0 aliphatic carbocycles. The van der Waals surface area contributed by atoms with Crippen LogP contribution < -0.4 is 15.0 Å². The minimum atomic E-state index is -6.17. The van der Waals surface area contributed by atoms with Gasteiger partial charge in [0.25, 0.3) is 0 Å². The number of hydrogen-bond acceptors (Lipinski definition) is 8. The Balaban J connectivity index is -0.000000000187. The van der Waals surface area contributed by atoms with Crippen LogP contribution in [-0.4, -0.2) is 0 Å². The van der Waals surface area contributed by atoms with Crippen molar-refractivity contribution in [3.05, 3.63) is 0 Å². The largest absolute Gasteiger partial charge is 4.00 e. The molecular formula is NiO43Ti20W2+9. The van der Waals surface area contributed by atoms with Gasteiger partial charge in [-0.25, -0.2) is 0 Å². The van der Waals surface area contributed by atoms with E-state index in [9.17, 15) is 0 Å². The van der Waals surface area contributed by atoms with Crippen LogP contribution in [0.1, 0.15) is 0 Å². The minimum Gasteiger partial charge on any atom is 4.00 e. The van der Waals surface area contributed by atoms with E-state index in [0.29, 0.717) is 0 Å². The minimum absolute atomic E-state index is 0. The van der Waals surface area contributed by atoms with Gasteiger partial charge < -0.3 is 192 Å². The van der Waals surface area contributed by atoms with Gasteiger partial charge >= 0.3 is 513 Å². The van der Waals surface area contributed by atoms with Crippen LogP contribution in [0.3, 0.4) is 0 Å². The summed E-state index contributed by atoms with van der Waals surface area (Å²) in [5.41, 5.74) is 0. The van der Waals surface area contributed by atoms with Crippen LogP contribution in [0.5, 0.6) is 0 Å². The Morgan fingerprint density at radius 2 is 0.136 bits per heavy atom. The van der Waals surface area contributed by atoms with Gasteiger partial charge in [-0.15, -0.1) is 0 Å². The molecule has 0 aromatic rings. The Morgan fingerprint density at radius 3 is 0.136 bits per heavy atom. The zero-order valence-electron chi connectivity index (χ0n) is 28.7. The zero-order chi connectivity index (χ0) is 9.00. The number of rotatable bonds is 0. The molecule has 66 heavy (non-hydrogen) atoms. The predicted octanol–water partition coefficient (Wildman–Crippen LogP) is -9.45. The summed E-state index contributed by atoms with van der Waals surface area (Å²) in [5, 5.41) is 0. The molecule has 0 heterocycles. The second-order valence-electron chi connectivity index (χ2n) is 0.816. The van der Waals surface area contributed by atoms with Crippen LogP contribution in [-0.2, 0) is 690 Å². The second-order valence-corrected chi connectivity index (χ2v) is 6.68. The van der Waals surface area contributed by atoms with Crippen molar-refractivity contribution in [1.29, 1.82) is 0 Å². The van der Waals surface area contributed by atoms with E-state index in [0.717, 1.165) is 0 Å². The van der Waals surface area contributed by atoms with E-state index in [2.05, 4.69) is 0 Å². The van der Waals surface area contributed by atoms with Crippen LogP contribution in [0.25, 0.3) is 0 Å². The first kappa shape index (κ1) is 1040. The van der Waals surface area contributed by atoms with Crippen molar-refractivity contribution in [3.8, 4) is 0 Å². The van der Waals surface area contributed by atoms with Gasteiger partial charge in [-0.05, 0) is 0 Å². The van der Waals surface area contributed by atoms with E-state index in [1.54, 1.807) is 0 Å². The molecule has 0 aromatic heterocycles. The van der Waals surface area contributed by atoms with Crippen LogP contribution in [0, 0.1) is 0 Å². The summed E-state index contributed by atoms with van der Waals surface area (Å²) in [6.45, 7) is 0. The van der Waals surface area contributed by atoms with Gasteiger partial charge in [0.1, 0.15) is 0 Å². The summed E-state index contributed by atoms with van der Waals surface area (Å²) in [6.07, 6.45) is 0. The van der Waals surface area contributed by atoms with Crippen LogP contribution in [0.4, 0.5) is 0 Å². The molecule has 0 aliphatic rings. The molecule has 0 aromatic carbocycles. The van der Waals surface area contributed by atoms with E-state index in [4.69, 9.17) is 28.6 Å². The van der Waals surface area contributed by atoms with Crippen molar-refractivity contribution in [2.75, 3.05) is 0 Å². The molecule has 0 bridgehead atoms. The normalized spacial score (nSPS) is 1.76. The van der Waals surface area contributed by atoms with E-state index in [-0.39, 0.29) is 643 Å². The third kappa shape index (κ3) is 2410. The molecule has 0 amide bonds. The van der Waals surface area contributed by atoms with Crippen molar-refractivity contribution in [2.45, 2.75) is 0 Å². The fraction of sp³-hybridized carbons (Fsp3) is 0. The van der Waals surface area contributed by atoms with E-state index in [1.165, 1.54) is 0 Å². The first-order valence-corrected chi connectivity index (χ1v) is 10.9. The van der Waals surface area contributed by atoms with Crippen LogP contribution >= 0.6 is 0 Å². The first-order valence-electron chi connectivity index (χ1n) is 1.33. The van der Waals surface area contributed by atoms with Gasteiger partial charge in [-0.2, -0.15) is 0 Å². The Labute approximate surface area is 690 Å². The smallest absolute Gasteiger partial charge is 4.00 e. The summed E-state index contributed by atoms with van der Waals surface area (Å²) < 4.78 is 69.2. The third-order valence-corrected chi connectivity index (χ3v) is 0. The van der Waals surface area contributed by atoms with Crippen molar-refractivity contribution in [3.63, 3.8) is 0 Å². The summed E-state index contributed by atoms with van der Waals surface area (Å²) >= 11 is -12.3. The maximum Gasteiger partial charge on any atom is 4.00 e. The quantitative estimate of drug-likeness (QED) is 0.209. The van der Waals surface area contributed by atoms with Gasteiger partial charge in [-0.1, -0.05) is 0 Å². The fourth-order valence-electron chi connectivity index (χ4n) is 0. The fourth-order valence-corrected chi connectivity index (χ4v) is 0. The maximum absolute atomic E-state index is 8.65. The Kier molecular flexibility index (Phi) is 11300. The van der Waals surface area contributed by atoms with Gasteiger partial charge in [0.15, 0.2) is 0 Å². The van der Waals surface area contributed by atoms with Gasteiger partial charge in [0, 0.05) is 0 Å². The molecular weight excluding hydrogens is 2070 g/mol. The molecule has 0 unspecified atom stereocenters.